The van der Waals surface area contributed by atoms with Gasteiger partial charge in [-0.05, 0) is 50.8 Å². The van der Waals surface area contributed by atoms with E-state index in [0.29, 0.717) is 12.2 Å². The van der Waals surface area contributed by atoms with Crippen LogP contribution in [0.4, 0.5) is 0 Å². The van der Waals surface area contributed by atoms with Gasteiger partial charge in [0.15, 0.2) is 0 Å². The van der Waals surface area contributed by atoms with Crippen molar-refractivity contribution in [1.29, 1.82) is 0 Å². The van der Waals surface area contributed by atoms with Crippen molar-refractivity contribution in [3.63, 3.8) is 0 Å². The Morgan fingerprint density at radius 1 is 0.968 bits per heavy atom. The molecule has 1 aromatic rings. The number of aromatic hydroxyl groups is 1. The molecule has 1 saturated heterocycles. The number of rotatable bonds is 15. The highest BCUT2D eigenvalue weighted by Crippen LogP contribution is 2.36. The average Bonchev–Trinajstić information content (AvgIpc) is 2.94. The summed E-state index contributed by atoms with van der Waals surface area (Å²) in [4.78, 5) is 11.4. The standard InChI is InChI=1S/C26H42O5/c1-25(30,20-26(2)23(28)19-24(29)31-26)18-12-10-8-6-4-3-5-7-9-11-13-21-14-16-22(27)17-15-21/h14-17,23,27-28,30H,3-13,18-20H2,1-2H3/t23-,25+,26-/m1/s1. The van der Waals surface area contributed by atoms with Gasteiger partial charge in [-0.3, -0.25) is 4.79 Å². The third-order valence-electron chi connectivity index (χ3n) is 6.51. The van der Waals surface area contributed by atoms with Crippen LogP contribution in [-0.4, -0.2) is 38.6 Å². The Labute approximate surface area is 187 Å². The fourth-order valence-electron chi connectivity index (χ4n) is 4.65. The van der Waals surface area contributed by atoms with Gasteiger partial charge < -0.3 is 20.1 Å². The minimum atomic E-state index is -0.968. The van der Waals surface area contributed by atoms with Gasteiger partial charge in [0.1, 0.15) is 17.5 Å². The van der Waals surface area contributed by atoms with Crippen LogP contribution in [0.5, 0.6) is 5.75 Å². The van der Waals surface area contributed by atoms with E-state index in [1.54, 1.807) is 26.0 Å². The Hall–Kier alpha value is -1.59. The van der Waals surface area contributed by atoms with Gasteiger partial charge in [0.2, 0.25) is 0 Å². The number of benzene rings is 1. The molecule has 2 rings (SSSR count). The first-order valence-corrected chi connectivity index (χ1v) is 12.1. The molecule has 176 valence electrons. The molecule has 31 heavy (non-hydrogen) atoms. The molecule has 5 nitrogen and oxygen atoms in total. The van der Waals surface area contributed by atoms with Gasteiger partial charge in [0.05, 0.1) is 12.0 Å². The van der Waals surface area contributed by atoms with Crippen LogP contribution in [0.25, 0.3) is 0 Å². The molecule has 1 aromatic carbocycles. The first-order chi connectivity index (χ1) is 14.7. The second-order valence-corrected chi connectivity index (χ2v) is 9.88. The molecule has 0 spiro atoms. The molecule has 0 unspecified atom stereocenters. The lowest BCUT2D eigenvalue weighted by molar-refractivity contribution is -0.155. The average molecular weight is 435 g/mol. The van der Waals surface area contributed by atoms with Crippen molar-refractivity contribution in [3.05, 3.63) is 29.8 Å². The van der Waals surface area contributed by atoms with Crippen molar-refractivity contribution in [2.24, 2.45) is 0 Å². The normalized spacial score (nSPS) is 23.0. The van der Waals surface area contributed by atoms with E-state index < -0.39 is 17.3 Å². The molecule has 0 aliphatic carbocycles. The Balaban J connectivity index is 1.42. The summed E-state index contributed by atoms with van der Waals surface area (Å²) in [7, 11) is 0. The third-order valence-corrected chi connectivity index (χ3v) is 6.51. The van der Waals surface area contributed by atoms with Crippen molar-refractivity contribution < 1.29 is 24.9 Å². The van der Waals surface area contributed by atoms with E-state index in [4.69, 9.17) is 4.74 Å². The highest BCUT2D eigenvalue weighted by molar-refractivity contribution is 5.73. The van der Waals surface area contributed by atoms with Crippen LogP contribution in [0.3, 0.4) is 0 Å². The molecule has 1 heterocycles. The topological polar surface area (TPSA) is 87.0 Å². The fraction of sp³-hybridized carbons (Fsp3) is 0.731. The number of ether oxygens (including phenoxy) is 1. The number of carbonyl (C=O) groups is 1. The van der Waals surface area contributed by atoms with Gasteiger partial charge in [-0.15, -0.1) is 0 Å². The van der Waals surface area contributed by atoms with Crippen LogP contribution in [0.2, 0.25) is 0 Å². The zero-order chi connectivity index (χ0) is 22.7. The predicted molar refractivity (Wildman–Crippen MR) is 123 cm³/mol. The van der Waals surface area contributed by atoms with E-state index in [9.17, 15) is 20.1 Å². The predicted octanol–water partition coefficient (Wildman–Crippen LogP) is 5.43. The summed E-state index contributed by atoms with van der Waals surface area (Å²) >= 11 is 0. The number of carbonyl (C=O) groups excluding carboxylic acids is 1. The highest BCUT2D eigenvalue weighted by atomic mass is 16.6. The molecule has 1 aliphatic rings. The Bertz CT molecular complexity index is 654. The summed E-state index contributed by atoms with van der Waals surface area (Å²) in [6.45, 7) is 3.49. The zero-order valence-electron chi connectivity index (χ0n) is 19.4. The van der Waals surface area contributed by atoms with Gasteiger partial charge in [0.25, 0.3) is 0 Å². The maximum absolute atomic E-state index is 11.4. The molecular weight excluding hydrogens is 392 g/mol. The summed E-state index contributed by atoms with van der Waals surface area (Å²) in [5, 5.41) is 30.0. The number of hydrogen-bond donors (Lipinski definition) is 3. The number of phenols is 1. The maximum atomic E-state index is 11.4. The number of aliphatic hydroxyl groups is 2. The van der Waals surface area contributed by atoms with Gasteiger partial charge >= 0.3 is 5.97 Å². The Morgan fingerprint density at radius 3 is 2.00 bits per heavy atom. The third kappa shape index (κ3) is 9.61. The van der Waals surface area contributed by atoms with Crippen molar-refractivity contribution in [2.45, 2.75) is 121 Å². The van der Waals surface area contributed by atoms with E-state index in [-0.39, 0.29) is 18.8 Å². The molecular formula is C26H42O5. The van der Waals surface area contributed by atoms with Crippen LogP contribution in [0.1, 0.15) is 103 Å². The minimum absolute atomic E-state index is 0.0188. The molecule has 0 aromatic heterocycles. The van der Waals surface area contributed by atoms with Crippen molar-refractivity contribution >= 4 is 5.97 Å². The van der Waals surface area contributed by atoms with Crippen LogP contribution in [-0.2, 0) is 16.0 Å². The lowest BCUT2D eigenvalue weighted by Gasteiger charge is -2.34. The van der Waals surface area contributed by atoms with E-state index in [1.807, 2.05) is 12.1 Å². The van der Waals surface area contributed by atoms with Crippen molar-refractivity contribution in [1.82, 2.24) is 0 Å². The quantitative estimate of drug-likeness (QED) is 0.253. The summed E-state index contributed by atoms with van der Waals surface area (Å²) < 4.78 is 5.27. The second-order valence-electron chi connectivity index (χ2n) is 9.88. The molecule has 0 saturated carbocycles. The number of cyclic esters (lactones) is 1. The van der Waals surface area contributed by atoms with E-state index in [2.05, 4.69) is 0 Å². The molecule has 3 N–H and O–H groups in total. The lowest BCUT2D eigenvalue weighted by Crippen LogP contribution is -2.44. The molecule has 0 amide bonds. The van der Waals surface area contributed by atoms with E-state index >= 15 is 0 Å². The van der Waals surface area contributed by atoms with Gasteiger partial charge in [0, 0.05) is 6.42 Å². The second kappa shape index (κ2) is 12.4. The van der Waals surface area contributed by atoms with Crippen molar-refractivity contribution in [2.75, 3.05) is 0 Å². The number of aryl methyl sites for hydroxylation is 1. The van der Waals surface area contributed by atoms with E-state index in [0.717, 1.165) is 19.3 Å². The number of esters is 1. The summed E-state index contributed by atoms with van der Waals surface area (Å²) in [6, 6.07) is 7.52. The SMILES string of the molecule is C[C@](O)(CCCCCCCCCCCCc1ccc(O)cc1)C[C@@]1(C)OC(=O)C[C@H]1O. The first-order valence-electron chi connectivity index (χ1n) is 12.1. The van der Waals surface area contributed by atoms with E-state index in [1.165, 1.54) is 56.9 Å². The van der Waals surface area contributed by atoms with Crippen LogP contribution in [0, 0.1) is 0 Å². The minimum Gasteiger partial charge on any atom is -0.508 e. The summed E-state index contributed by atoms with van der Waals surface area (Å²) in [6.07, 6.45) is 13.3. The molecule has 5 heteroatoms. The Kier molecular flexibility index (Phi) is 10.3. The van der Waals surface area contributed by atoms with Gasteiger partial charge in [-0.2, -0.15) is 0 Å². The first kappa shape index (κ1) is 25.7. The lowest BCUT2D eigenvalue weighted by atomic mass is 9.83. The molecule has 0 bridgehead atoms. The summed E-state index contributed by atoms with van der Waals surface area (Å²) in [5.74, 6) is -0.0529. The van der Waals surface area contributed by atoms with Gasteiger partial charge in [-0.1, -0.05) is 69.9 Å². The maximum Gasteiger partial charge on any atom is 0.309 e. The van der Waals surface area contributed by atoms with Gasteiger partial charge in [-0.25, -0.2) is 0 Å². The van der Waals surface area contributed by atoms with Crippen molar-refractivity contribution in [3.8, 4) is 5.75 Å². The molecule has 3 atom stereocenters. The number of phenolic OH excluding ortho intramolecular Hbond substituents is 1. The number of hydrogen-bond acceptors (Lipinski definition) is 5. The summed E-state index contributed by atoms with van der Waals surface area (Å²) in [5.41, 5.74) is -0.600. The Morgan fingerprint density at radius 2 is 1.48 bits per heavy atom. The zero-order valence-corrected chi connectivity index (χ0v) is 19.4. The van der Waals surface area contributed by atoms with Crippen LogP contribution < -0.4 is 0 Å². The monoisotopic (exact) mass is 434 g/mol. The fourth-order valence-corrected chi connectivity index (χ4v) is 4.65. The smallest absolute Gasteiger partial charge is 0.309 e. The molecule has 0 radical (unpaired) electrons. The largest absolute Gasteiger partial charge is 0.508 e. The number of aliphatic hydroxyl groups excluding tert-OH is 1. The van der Waals surface area contributed by atoms with Crippen LogP contribution >= 0.6 is 0 Å². The molecule has 1 aliphatic heterocycles. The van der Waals surface area contributed by atoms with Crippen LogP contribution in [0.15, 0.2) is 24.3 Å². The number of unbranched alkanes of at least 4 members (excludes halogenated alkanes) is 9. The highest BCUT2D eigenvalue weighted by Gasteiger charge is 2.48. The molecule has 1 fully saturated rings.